The van der Waals surface area contributed by atoms with Crippen LogP contribution in [0.1, 0.15) is 33.5 Å². The van der Waals surface area contributed by atoms with Gasteiger partial charge in [-0.3, -0.25) is 14.9 Å². The Kier molecular flexibility index (Phi) is 5.83. The molecule has 1 aromatic carbocycles. The van der Waals surface area contributed by atoms with Gasteiger partial charge in [-0.25, -0.2) is 9.80 Å². The molecule has 0 radical (unpaired) electrons. The third-order valence-corrected chi connectivity index (χ3v) is 5.78. The molecule has 4 rings (SSSR count). The summed E-state index contributed by atoms with van der Waals surface area (Å²) in [5.74, 6) is -0.826. The highest BCUT2D eigenvalue weighted by molar-refractivity contribution is 7.17. The van der Waals surface area contributed by atoms with Gasteiger partial charge >= 0.3 is 11.0 Å². The smallest absolute Gasteiger partial charge is 0.349 e. The van der Waals surface area contributed by atoms with Crippen molar-refractivity contribution in [3.05, 3.63) is 86.1 Å². The molecule has 1 aliphatic rings. The zero-order chi connectivity index (χ0) is 22.0. The monoisotopic (exact) mass is 459 g/mol. The second kappa shape index (κ2) is 8.70. The molecule has 1 amide bonds. The van der Waals surface area contributed by atoms with Gasteiger partial charge in [-0.15, -0.1) is 0 Å². The van der Waals surface area contributed by atoms with Gasteiger partial charge in [-0.05, 0) is 35.9 Å². The van der Waals surface area contributed by atoms with Crippen LogP contribution in [0.5, 0.6) is 0 Å². The summed E-state index contributed by atoms with van der Waals surface area (Å²) in [6.07, 6.45) is 1.91. The lowest BCUT2D eigenvalue weighted by Crippen LogP contribution is -2.31. The van der Waals surface area contributed by atoms with Crippen molar-refractivity contribution in [2.24, 2.45) is 5.10 Å². The van der Waals surface area contributed by atoms with Crippen molar-refractivity contribution in [3.8, 4) is 0 Å². The Labute approximate surface area is 184 Å². The number of halogens is 1. The number of hydrogen-bond donors (Lipinski definition) is 0. The van der Waals surface area contributed by atoms with Crippen LogP contribution in [-0.4, -0.2) is 34.1 Å². The molecule has 1 unspecified atom stereocenters. The van der Waals surface area contributed by atoms with E-state index in [1.165, 1.54) is 23.4 Å². The summed E-state index contributed by atoms with van der Waals surface area (Å²) < 4.78 is 10.5. The van der Waals surface area contributed by atoms with Gasteiger partial charge in [0.25, 0.3) is 5.91 Å². The minimum Gasteiger partial charge on any atom is -0.467 e. The number of hydrazone groups is 1. The minimum atomic E-state index is -0.818. The fraction of sp³-hybridized carbons (Fsp3) is 0.150. The third kappa shape index (κ3) is 4.49. The van der Waals surface area contributed by atoms with Crippen LogP contribution >= 0.6 is 22.9 Å². The first kappa shape index (κ1) is 20.8. The van der Waals surface area contributed by atoms with Gasteiger partial charge in [-0.1, -0.05) is 35.1 Å². The molecule has 3 heterocycles. The number of thiophene rings is 1. The van der Waals surface area contributed by atoms with Gasteiger partial charge in [0.15, 0.2) is 6.61 Å². The van der Waals surface area contributed by atoms with Gasteiger partial charge in [-0.2, -0.15) is 5.10 Å². The van der Waals surface area contributed by atoms with Crippen molar-refractivity contribution in [2.45, 2.75) is 12.5 Å². The highest BCUT2D eigenvalue weighted by Gasteiger charge is 2.35. The molecule has 2 aromatic heterocycles. The Hall–Kier alpha value is -3.50. The molecule has 0 saturated heterocycles. The molecule has 11 heteroatoms. The van der Waals surface area contributed by atoms with Crippen LogP contribution in [0.2, 0.25) is 5.02 Å². The molecule has 9 nitrogen and oxygen atoms in total. The van der Waals surface area contributed by atoms with Crippen LogP contribution < -0.4 is 0 Å². The third-order valence-electron chi connectivity index (χ3n) is 4.51. The van der Waals surface area contributed by atoms with Crippen molar-refractivity contribution in [1.82, 2.24) is 5.01 Å². The van der Waals surface area contributed by atoms with Crippen LogP contribution in [-0.2, 0) is 9.53 Å². The van der Waals surface area contributed by atoms with Crippen molar-refractivity contribution in [2.75, 3.05) is 6.61 Å². The molecule has 0 bridgehead atoms. The number of carbonyl (C=O) groups is 2. The van der Waals surface area contributed by atoms with E-state index in [1.807, 2.05) is 0 Å². The average Bonchev–Trinajstić information content (AvgIpc) is 3.52. The van der Waals surface area contributed by atoms with Gasteiger partial charge in [0.1, 0.15) is 16.7 Å². The lowest BCUT2D eigenvalue weighted by molar-refractivity contribution is -0.380. The zero-order valence-electron chi connectivity index (χ0n) is 15.8. The number of rotatable bonds is 6. The number of ether oxygens (including phenoxy) is 1. The van der Waals surface area contributed by atoms with Crippen LogP contribution in [0.15, 0.2) is 64.3 Å². The van der Waals surface area contributed by atoms with Crippen LogP contribution in [0.4, 0.5) is 5.00 Å². The largest absolute Gasteiger partial charge is 0.467 e. The zero-order valence-corrected chi connectivity index (χ0v) is 17.3. The number of benzene rings is 1. The maximum atomic E-state index is 12.8. The topological polar surface area (TPSA) is 115 Å². The number of nitro groups is 1. The van der Waals surface area contributed by atoms with E-state index in [9.17, 15) is 19.7 Å². The highest BCUT2D eigenvalue weighted by Crippen LogP contribution is 2.33. The highest BCUT2D eigenvalue weighted by atomic mass is 35.5. The van der Waals surface area contributed by atoms with Crippen LogP contribution in [0, 0.1) is 10.1 Å². The Balaban J connectivity index is 1.49. The summed E-state index contributed by atoms with van der Waals surface area (Å²) in [6, 6.07) is 12.5. The van der Waals surface area contributed by atoms with E-state index in [0.29, 0.717) is 34.3 Å². The lowest BCUT2D eigenvalue weighted by Gasteiger charge is -2.19. The Morgan fingerprint density at radius 2 is 2.03 bits per heavy atom. The molecule has 0 saturated carbocycles. The fourth-order valence-electron chi connectivity index (χ4n) is 3.06. The summed E-state index contributed by atoms with van der Waals surface area (Å²) >= 11 is 6.62. The summed E-state index contributed by atoms with van der Waals surface area (Å²) in [5, 5.41) is 16.8. The van der Waals surface area contributed by atoms with Crippen molar-refractivity contribution < 1.29 is 23.7 Å². The number of carbonyl (C=O) groups excluding carboxylic acids is 2. The molecular weight excluding hydrogens is 446 g/mol. The van der Waals surface area contributed by atoms with E-state index in [2.05, 4.69) is 5.10 Å². The molecule has 0 N–H and O–H groups in total. The Morgan fingerprint density at radius 3 is 2.68 bits per heavy atom. The standard InChI is InChI=1S/C20H14ClN3O6S/c21-13-5-3-12(4-6-13)14-10-15(16-2-1-9-29-16)23(22-14)18(25)11-30-20(26)17-7-8-19(31-17)24(27)28/h1-9,15H,10-11H2. The maximum Gasteiger partial charge on any atom is 0.349 e. The summed E-state index contributed by atoms with van der Waals surface area (Å²) in [5.41, 5.74) is 1.46. The van der Waals surface area contributed by atoms with E-state index in [0.717, 1.165) is 5.56 Å². The molecule has 3 aromatic rings. The normalized spacial score (nSPS) is 15.6. The summed E-state index contributed by atoms with van der Waals surface area (Å²) in [7, 11) is 0. The van der Waals surface area contributed by atoms with Gasteiger partial charge in [0.2, 0.25) is 0 Å². The number of furan rings is 1. The van der Waals surface area contributed by atoms with Crippen LogP contribution in [0.3, 0.4) is 0 Å². The van der Waals surface area contributed by atoms with Crippen LogP contribution in [0.25, 0.3) is 0 Å². The molecular formula is C20H14ClN3O6S. The van der Waals surface area contributed by atoms with Crippen molar-refractivity contribution >= 4 is 45.5 Å². The first-order valence-corrected chi connectivity index (χ1v) is 10.2. The lowest BCUT2D eigenvalue weighted by atomic mass is 10.0. The SMILES string of the molecule is O=C(OCC(=O)N1N=C(c2ccc(Cl)cc2)CC1c1ccco1)c1ccc([N+](=O)[O-])s1. The second-order valence-corrected chi connectivity index (χ2v) is 8.00. The molecule has 158 valence electrons. The Bertz CT molecular complexity index is 1160. The number of amides is 1. The van der Waals surface area contributed by atoms with Gasteiger partial charge in [0.05, 0.1) is 16.9 Å². The number of nitrogens with zero attached hydrogens (tertiary/aromatic N) is 3. The molecule has 0 fully saturated rings. The minimum absolute atomic E-state index is 0.0360. The van der Waals surface area contributed by atoms with Crippen molar-refractivity contribution in [3.63, 3.8) is 0 Å². The van der Waals surface area contributed by atoms with E-state index in [1.54, 1.807) is 36.4 Å². The predicted octanol–water partition coefficient (Wildman–Crippen LogP) is 4.44. The molecule has 0 aliphatic carbocycles. The average molecular weight is 460 g/mol. The molecule has 1 atom stereocenters. The van der Waals surface area contributed by atoms with Gasteiger partial charge in [0, 0.05) is 17.5 Å². The Morgan fingerprint density at radius 1 is 1.26 bits per heavy atom. The quantitative estimate of drug-likeness (QED) is 0.306. The van der Waals surface area contributed by atoms with Gasteiger partial charge < -0.3 is 9.15 Å². The fourth-order valence-corrected chi connectivity index (χ4v) is 3.90. The molecule has 1 aliphatic heterocycles. The van der Waals surface area contributed by atoms with E-state index in [-0.39, 0.29) is 9.88 Å². The summed E-state index contributed by atoms with van der Waals surface area (Å²) in [4.78, 5) is 35.2. The molecule has 31 heavy (non-hydrogen) atoms. The number of hydrogen-bond acceptors (Lipinski definition) is 8. The summed E-state index contributed by atoms with van der Waals surface area (Å²) in [6.45, 7) is -0.570. The van der Waals surface area contributed by atoms with E-state index < -0.39 is 29.4 Å². The number of esters is 1. The van der Waals surface area contributed by atoms with E-state index >= 15 is 0 Å². The first-order valence-electron chi connectivity index (χ1n) is 9.02. The second-order valence-electron chi connectivity index (χ2n) is 6.50. The van der Waals surface area contributed by atoms with E-state index in [4.69, 9.17) is 20.8 Å². The van der Waals surface area contributed by atoms with Crippen molar-refractivity contribution in [1.29, 1.82) is 0 Å². The predicted molar refractivity (Wildman–Crippen MR) is 112 cm³/mol. The first-order chi connectivity index (χ1) is 14.9. The maximum absolute atomic E-state index is 12.8. The molecule has 0 spiro atoms.